The maximum Gasteiger partial charge on any atom is 0.328 e. The molecule has 0 amide bonds. The van der Waals surface area contributed by atoms with Crippen LogP contribution in [0.5, 0.6) is 0 Å². The van der Waals surface area contributed by atoms with Crippen molar-refractivity contribution in [2.24, 2.45) is 0 Å². The van der Waals surface area contributed by atoms with Crippen molar-refractivity contribution in [1.82, 2.24) is 9.55 Å². The largest absolute Gasteiger partial charge is 0.328 e. The molecule has 0 aliphatic heterocycles. The van der Waals surface area contributed by atoms with Gasteiger partial charge in [0, 0.05) is 17.7 Å². The number of rotatable bonds is 5. The van der Waals surface area contributed by atoms with Gasteiger partial charge in [-0.15, -0.1) is 0 Å². The average Bonchev–Trinajstić information content (AvgIpc) is 2.48. The van der Waals surface area contributed by atoms with E-state index in [0.29, 0.717) is 30.5 Å². The third-order valence-electron chi connectivity index (χ3n) is 3.80. The number of ketones is 1. The Morgan fingerprint density at radius 2 is 1.70 bits per heavy atom. The zero-order valence-electron chi connectivity index (χ0n) is 14.0. The molecule has 5 heteroatoms. The van der Waals surface area contributed by atoms with E-state index in [1.807, 2.05) is 33.8 Å². The number of aromatic nitrogens is 2. The van der Waals surface area contributed by atoms with Gasteiger partial charge in [0.15, 0.2) is 0 Å². The van der Waals surface area contributed by atoms with Gasteiger partial charge in [0.1, 0.15) is 5.69 Å². The summed E-state index contributed by atoms with van der Waals surface area (Å²) < 4.78 is 1.39. The maximum absolute atomic E-state index is 13.0. The van der Waals surface area contributed by atoms with E-state index in [4.69, 9.17) is 0 Å². The van der Waals surface area contributed by atoms with E-state index in [1.54, 1.807) is 12.1 Å². The highest BCUT2D eigenvalue weighted by Crippen LogP contribution is 2.15. The molecule has 1 aromatic carbocycles. The number of benzene rings is 1. The van der Waals surface area contributed by atoms with Crippen LogP contribution in [0.1, 0.15) is 53.0 Å². The van der Waals surface area contributed by atoms with Crippen molar-refractivity contribution in [3.8, 4) is 0 Å². The van der Waals surface area contributed by atoms with Gasteiger partial charge in [-0.05, 0) is 38.8 Å². The predicted octanol–water partition coefficient (Wildman–Crippen LogP) is 2.36. The number of nitrogens with one attached hydrogen (secondary N) is 1. The molecule has 0 bridgehead atoms. The second kappa shape index (κ2) is 6.77. The Balaban J connectivity index is 2.76. The molecule has 1 aromatic heterocycles. The lowest BCUT2D eigenvalue weighted by Crippen LogP contribution is -2.37. The molecule has 1 heterocycles. The minimum absolute atomic E-state index is 0.216. The number of hydrogen-bond donors (Lipinski definition) is 1. The fourth-order valence-corrected chi connectivity index (χ4v) is 2.88. The zero-order valence-corrected chi connectivity index (χ0v) is 14.0. The Kier molecular flexibility index (Phi) is 4.98. The third kappa shape index (κ3) is 3.33. The molecule has 0 aliphatic rings. The van der Waals surface area contributed by atoms with Crippen molar-refractivity contribution in [2.45, 2.75) is 47.1 Å². The van der Waals surface area contributed by atoms with Crippen molar-refractivity contribution in [3.63, 3.8) is 0 Å². The van der Waals surface area contributed by atoms with Crippen molar-refractivity contribution < 1.29 is 4.79 Å². The summed E-state index contributed by atoms with van der Waals surface area (Å²) in [5.41, 5.74) is 2.03. The fourth-order valence-electron chi connectivity index (χ4n) is 2.88. The molecule has 0 aliphatic carbocycles. The van der Waals surface area contributed by atoms with E-state index >= 15 is 0 Å². The fraction of sp³-hybridized carbons (Fsp3) is 0.389. The molecule has 5 nitrogen and oxygen atoms in total. The lowest BCUT2D eigenvalue weighted by molar-refractivity contribution is 0.102. The normalized spacial score (nSPS) is 10.8. The Bertz CT molecular complexity index is 839. The molecule has 2 aromatic rings. The van der Waals surface area contributed by atoms with Crippen molar-refractivity contribution in [3.05, 3.63) is 67.0 Å². The minimum Gasteiger partial charge on any atom is -0.290 e. The molecule has 0 radical (unpaired) electrons. The van der Waals surface area contributed by atoms with Crippen LogP contribution in [0.2, 0.25) is 0 Å². The van der Waals surface area contributed by atoms with Gasteiger partial charge in [-0.2, -0.15) is 0 Å². The van der Waals surface area contributed by atoms with Gasteiger partial charge in [0.2, 0.25) is 5.78 Å². The Hall–Kier alpha value is -2.43. The quantitative estimate of drug-likeness (QED) is 0.861. The van der Waals surface area contributed by atoms with E-state index in [1.165, 1.54) is 4.57 Å². The van der Waals surface area contributed by atoms with E-state index in [2.05, 4.69) is 4.98 Å². The number of nitrogens with zero attached hydrogens (tertiary/aromatic N) is 1. The molecule has 23 heavy (non-hydrogen) atoms. The maximum atomic E-state index is 13.0. The first-order chi connectivity index (χ1) is 10.9. The molecular weight excluding hydrogens is 292 g/mol. The van der Waals surface area contributed by atoms with Gasteiger partial charge in [-0.25, -0.2) is 4.79 Å². The van der Waals surface area contributed by atoms with Crippen LogP contribution in [0, 0.1) is 13.8 Å². The van der Waals surface area contributed by atoms with Gasteiger partial charge < -0.3 is 0 Å². The number of hydrogen-bond acceptors (Lipinski definition) is 3. The van der Waals surface area contributed by atoms with Gasteiger partial charge in [-0.3, -0.25) is 19.1 Å². The SMILES string of the molecule is CCCn1c(C(=O)c2cc(C)cc(C)c2)c(CC)c(=O)[nH]c1=O. The second-order valence-corrected chi connectivity index (χ2v) is 5.80. The summed E-state index contributed by atoms with van der Waals surface area (Å²) in [7, 11) is 0. The van der Waals surface area contributed by atoms with E-state index in [0.717, 1.165) is 11.1 Å². The molecule has 0 saturated heterocycles. The van der Waals surface area contributed by atoms with Gasteiger partial charge >= 0.3 is 5.69 Å². The Morgan fingerprint density at radius 3 is 2.22 bits per heavy atom. The second-order valence-electron chi connectivity index (χ2n) is 5.80. The van der Waals surface area contributed by atoms with E-state index in [-0.39, 0.29) is 11.5 Å². The van der Waals surface area contributed by atoms with Gasteiger partial charge in [0.05, 0.1) is 0 Å². The third-order valence-corrected chi connectivity index (χ3v) is 3.80. The summed E-state index contributed by atoms with van der Waals surface area (Å²) in [5.74, 6) is -0.273. The van der Waals surface area contributed by atoms with Crippen LogP contribution < -0.4 is 11.2 Å². The summed E-state index contributed by atoms with van der Waals surface area (Å²) in [6.45, 7) is 7.97. The van der Waals surface area contributed by atoms with Crippen LogP contribution in [0.3, 0.4) is 0 Å². The smallest absolute Gasteiger partial charge is 0.290 e. The monoisotopic (exact) mass is 314 g/mol. The van der Waals surface area contributed by atoms with Crippen LogP contribution in [0.4, 0.5) is 0 Å². The summed E-state index contributed by atoms with van der Waals surface area (Å²) in [5, 5.41) is 0. The lowest BCUT2D eigenvalue weighted by atomic mass is 9.99. The molecule has 122 valence electrons. The highest BCUT2D eigenvalue weighted by atomic mass is 16.2. The summed E-state index contributed by atoms with van der Waals surface area (Å²) in [6.07, 6.45) is 1.09. The van der Waals surface area contributed by atoms with Crippen molar-refractivity contribution >= 4 is 5.78 Å². The summed E-state index contributed by atoms with van der Waals surface area (Å²) in [4.78, 5) is 39.6. The molecule has 1 N–H and O–H groups in total. The van der Waals surface area contributed by atoms with E-state index in [9.17, 15) is 14.4 Å². The number of H-pyrrole nitrogens is 1. The van der Waals surface area contributed by atoms with Crippen molar-refractivity contribution in [1.29, 1.82) is 0 Å². The summed E-state index contributed by atoms with van der Waals surface area (Å²) in [6, 6.07) is 5.56. The standard InChI is InChI=1S/C18H22N2O3/c1-5-7-20-15(14(6-2)17(22)19-18(20)23)16(21)13-9-11(3)8-12(4)10-13/h8-10H,5-7H2,1-4H3,(H,19,22,23). The first kappa shape index (κ1) is 16.9. The molecule has 2 rings (SSSR count). The number of carbonyl (C=O) groups is 1. The van der Waals surface area contributed by atoms with Crippen LogP contribution in [-0.4, -0.2) is 15.3 Å². The highest BCUT2D eigenvalue weighted by molar-refractivity contribution is 6.09. The van der Waals surface area contributed by atoms with Gasteiger partial charge in [-0.1, -0.05) is 31.0 Å². The Labute approximate surface area is 135 Å². The zero-order chi connectivity index (χ0) is 17.1. The van der Waals surface area contributed by atoms with E-state index < -0.39 is 11.2 Å². The predicted molar refractivity (Wildman–Crippen MR) is 90.3 cm³/mol. The topological polar surface area (TPSA) is 71.9 Å². The molecule has 0 fully saturated rings. The van der Waals surface area contributed by atoms with Crippen molar-refractivity contribution in [2.75, 3.05) is 0 Å². The van der Waals surface area contributed by atoms with Crippen LogP contribution >= 0.6 is 0 Å². The molecule has 0 atom stereocenters. The number of carbonyl (C=O) groups excluding carboxylic acids is 1. The average molecular weight is 314 g/mol. The van der Waals surface area contributed by atoms with Crippen LogP contribution in [0.25, 0.3) is 0 Å². The number of aromatic amines is 1. The molecule has 0 unspecified atom stereocenters. The first-order valence-corrected chi connectivity index (χ1v) is 7.88. The first-order valence-electron chi connectivity index (χ1n) is 7.88. The van der Waals surface area contributed by atoms with Gasteiger partial charge in [0.25, 0.3) is 5.56 Å². The lowest BCUT2D eigenvalue weighted by Gasteiger charge is -2.14. The summed E-state index contributed by atoms with van der Waals surface area (Å²) >= 11 is 0. The Morgan fingerprint density at radius 1 is 1.09 bits per heavy atom. The molecule has 0 saturated carbocycles. The van der Waals surface area contributed by atoms with Crippen LogP contribution in [0.15, 0.2) is 27.8 Å². The number of aryl methyl sites for hydroxylation is 2. The minimum atomic E-state index is -0.526. The molecule has 0 spiro atoms. The highest BCUT2D eigenvalue weighted by Gasteiger charge is 2.21. The molecular formula is C18H22N2O3. The van der Waals surface area contributed by atoms with Crippen LogP contribution in [-0.2, 0) is 13.0 Å².